The monoisotopic (exact) mass is 370 g/mol. The third-order valence-corrected chi connectivity index (χ3v) is 10.2. The molecule has 0 aliphatic carbocycles. The van der Waals surface area contributed by atoms with Crippen molar-refractivity contribution in [1.82, 2.24) is 0 Å². The molecule has 25 heavy (non-hydrogen) atoms. The highest BCUT2D eigenvalue weighted by atomic mass is 28.4. The zero-order valence-corrected chi connectivity index (χ0v) is 19.3. The summed E-state index contributed by atoms with van der Waals surface area (Å²) in [6.45, 7) is 10.3. The van der Waals surface area contributed by atoms with Crippen molar-refractivity contribution in [2.75, 3.05) is 6.61 Å². The first kappa shape index (κ1) is 25.2. The molecule has 0 unspecified atom stereocenters. The molecular weight excluding hydrogens is 320 g/mol. The molecule has 0 fully saturated rings. The first-order valence-corrected chi connectivity index (χ1v) is 14.4. The molecule has 0 atom stereocenters. The van der Waals surface area contributed by atoms with E-state index >= 15 is 0 Å². The van der Waals surface area contributed by atoms with Gasteiger partial charge in [0.2, 0.25) is 0 Å². The van der Waals surface area contributed by atoms with Crippen molar-refractivity contribution < 1.29 is 4.43 Å². The fraction of sp³-hybridized carbons (Fsp3) is 1.00. The molecule has 0 aromatic carbocycles. The molecule has 0 saturated heterocycles. The van der Waals surface area contributed by atoms with E-state index in [0.717, 1.165) is 6.61 Å². The molecule has 0 saturated carbocycles. The lowest BCUT2D eigenvalue weighted by Gasteiger charge is -2.32. The van der Waals surface area contributed by atoms with Gasteiger partial charge in [-0.1, -0.05) is 118 Å². The maximum absolute atomic E-state index is 6.73. The molecule has 0 bridgehead atoms. The quantitative estimate of drug-likeness (QED) is 0.153. The van der Waals surface area contributed by atoms with Gasteiger partial charge in [-0.15, -0.1) is 0 Å². The second kappa shape index (κ2) is 19.0. The van der Waals surface area contributed by atoms with Gasteiger partial charge in [-0.25, -0.2) is 0 Å². The van der Waals surface area contributed by atoms with Crippen LogP contribution in [0.4, 0.5) is 0 Å². The summed E-state index contributed by atoms with van der Waals surface area (Å²) in [5.41, 5.74) is 0. The van der Waals surface area contributed by atoms with Crippen molar-refractivity contribution in [3.8, 4) is 0 Å². The van der Waals surface area contributed by atoms with Crippen molar-refractivity contribution in [3.63, 3.8) is 0 Å². The molecule has 0 aromatic heterocycles. The average Bonchev–Trinajstić information content (AvgIpc) is 2.64. The van der Waals surface area contributed by atoms with Crippen LogP contribution in [0.5, 0.6) is 0 Å². The zero-order valence-electron chi connectivity index (χ0n) is 18.3. The highest BCUT2D eigenvalue weighted by Gasteiger charge is 2.32. The highest BCUT2D eigenvalue weighted by molar-refractivity contribution is 6.73. The molecule has 0 aliphatic rings. The minimum absolute atomic E-state index is 1.05. The van der Waals surface area contributed by atoms with Crippen LogP contribution in [0.25, 0.3) is 0 Å². The Morgan fingerprint density at radius 1 is 0.440 bits per heavy atom. The molecule has 1 nitrogen and oxygen atoms in total. The van der Waals surface area contributed by atoms with Gasteiger partial charge in [-0.2, -0.15) is 0 Å². The van der Waals surface area contributed by atoms with E-state index in [1.165, 1.54) is 114 Å². The van der Waals surface area contributed by atoms with Gasteiger partial charge >= 0.3 is 0 Å². The van der Waals surface area contributed by atoms with Crippen LogP contribution in [-0.4, -0.2) is 14.9 Å². The molecule has 0 aliphatic heterocycles. The van der Waals surface area contributed by atoms with Crippen LogP contribution in [0.2, 0.25) is 18.1 Å². The minimum atomic E-state index is -1.45. The molecule has 0 spiro atoms. The van der Waals surface area contributed by atoms with Gasteiger partial charge in [0.15, 0.2) is 8.32 Å². The van der Waals surface area contributed by atoms with Crippen LogP contribution in [0.15, 0.2) is 0 Å². The number of hydrogen-bond acceptors (Lipinski definition) is 1. The van der Waals surface area contributed by atoms with Crippen LogP contribution in [0.1, 0.15) is 124 Å². The van der Waals surface area contributed by atoms with Gasteiger partial charge in [0.05, 0.1) is 0 Å². The molecule has 152 valence electrons. The maximum Gasteiger partial charge on any atom is 0.192 e. The van der Waals surface area contributed by atoms with Crippen LogP contribution in [0, 0.1) is 0 Å². The Bertz CT molecular complexity index is 233. The molecular formula is C23H50OSi. The smallest absolute Gasteiger partial charge is 0.192 e. The topological polar surface area (TPSA) is 9.23 Å². The van der Waals surface area contributed by atoms with Gasteiger partial charge in [0.25, 0.3) is 0 Å². The molecule has 0 heterocycles. The summed E-state index contributed by atoms with van der Waals surface area (Å²) in [5, 5.41) is 0. The van der Waals surface area contributed by atoms with E-state index in [1.807, 2.05) is 0 Å². The minimum Gasteiger partial charge on any atom is -0.417 e. The Morgan fingerprint density at radius 3 is 1.20 bits per heavy atom. The Hall–Kier alpha value is 0.177. The van der Waals surface area contributed by atoms with Crippen molar-refractivity contribution in [3.05, 3.63) is 0 Å². The summed E-state index contributed by atoms with van der Waals surface area (Å²) < 4.78 is 6.73. The van der Waals surface area contributed by atoms with E-state index in [4.69, 9.17) is 4.43 Å². The summed E-state index contributed by atoms with van der Waals surface area (Å²) >= 11 is 0. The first-order chi connectivity index (χ1) is 12.2. The SMILES string of the molecule is CCCCCCCCCCCO[Si](CCCC)(CCCC)CCCC. The number of hydrogen-bond donors (Lipinski definition) is 0. The van der Waals surface area contributed by atoms with Crippen LogP contribution in [0.3, 0.4) is 0 Å². The van der Waals surface area contributed by atoms with Gasteiger partial charge < -0.3 is 4.43 Å². The second-order valence-corrected chi connectivity index (χ2v) is 12.3. The summed E-state index contributed by atoms with van der Waals surface area (Å²) in [7, 11) is -1.45. The van der Waals surface area contributed by atoms with Crippen LogP contribution < -0.4 is 0 Å². The Morgan fingerprint density at radius 2 is 0.800 bits per heavy atom. The van der Waals surface area contributed by atoms with Crippen LogP contribution in [-0.2, 0) is 4.43 Å². The summed E-state index contributed by atoms with van der Waals surface area (Å²) in [6, 6.07) is 4.25. The molecule has 0 rings (SSSR count). The van der Waals surface area contributed by atoms with E-state index in [2.05, 4.69) is 27.7 Å². The Kier molecular flexibility index (Phi) is 19.1. The van der Waals surface area contributed by atoms with Crippen molar-refractivity contribution in [2.45, 2.75) is 142 Å². The molecule has 2 heteroatoms. The van der Waals surface area contributed by atoms with Crippen molar-refractivity contribution >= 4 is 8.32 Å². The number of unbranched alkanes of at least 4 members (excludes halogenated alkanes) is 11. The zero-order chi connectivity index (χ0) is 18.6. The predicted octanol–water partition coefficient (Wildman–Crippen LogP) is 8.88. The Labute approximate surface area is 161 Å². The van der Waals surface area contributed by atoms with E-state index < -0.39 is 8.32 Å². The van der Waals surface area contributed by atoms with Gasteiger partial charge in [-0.3, -0.25) is 0 Å². The predicted molar refractivity (Wildman–Crippen MR) is 118 cm³/mol. The first-order valence-electron chi connectivity index (χ1n) is 11.9. The summed E-state index contributed by atoms with van der Waals surface area (Å²) in [5.74, 6) is 0. The third kappa shape index (κ3) is 15.0. The molecule has 0 radical (unpaired) electrons. The van der Waals surface area contributed by atoms with E-state index in [9.17, 15) is 0 Å². The summed E-state index contributed by atoms with van der Waals surface area (Å²) in [6.07, 6.45) is 20.8. The fourth-order valence-electron chi connectivity index (χ4n) is 3.79. The molecule has 0 aromatic rings. The van der Waals surface area contributed by atoms with Gasteiger partial charge in [0, 0.05) is 6.61 Å². The van der Waals surface area contributed by atoms with E-state index in [0.29, 0.717) is 0 Å². The lowest BCUT2D eigenvalue weighted by molar-refractivity contribution is 0.282. The fourth-order valence-corrected chi connectivity index (χ4v) is 8.54. The second-order valence-electron chi connectivity index (χ2n) is 8.17. The number of rotatable bonds is 20. The lowest BCUT2D eigenvalue weighted by Crippen LogP contribution is -2.38. The summed E-state index contributed by atoms with van der Waals surface area (Å²) in [4.78, 5) is 0. The van der Waals surface area contributed by atoms with E-state index in [-0.39, 0.29) is 0 Å². The average molecular weight is 371 g/mol. The third-order valence-electron chi connectivity index (χ3n) is 5.61. The van der Waals surface area contributed by atoms with Gasteiger partial charge in [0.1, 0.15) is 0 Å². The van der Waals surface area contributed by atoms with E-state index in [1.54, 1.807) is 0 Å². The van der Waals surface area contributed by atoms with Crippen LogP contribution >= 0.6 is 0 Å². The Balaban J connectivity index is 4.01. The van der Waals surface area contributed by atoms with Gasteiger partial charge in [-0.05, 0) is 24.6 Å². The largest absolute Gasteiger partial charge is 0.417 e. The standard InChI is InChI=1S/C23H50OSi/c1-5-9-13-14-15-16-17-18-19-20-24-25(21-10-6-2,22-11-7-3)23-12-8-4/h5-23H2,1-4H3. The van der Waals surface area contributed by atoms with Crippen molar-refractivity contribution in [1.29, 1.82) is 0 Å². The lowest BCUT2D eigenvalue weighted by atomic mass is 10.1. The molecule has 0 N–H and O–H groups in total. The normalized spacial score (nSPS) is 12.0. The highest BCUT2D eigenvalue weighted by Crippen LogP contribution is 2.30. The maximum atomic E-state index is 6.73. The van der Waals surface area contributed by atoms with Crippen molar-refractivity contribution in [2.24, 2.45) is 0 Å². The molecule has 0 amide bonds.